The summed E-state index contributed by atoms with van der Waals surface area (Å²) in [6, 6.07) is 6.78. The van der Waals surface area contributed by atoms with Gasteiger partial charge in [-0.05, 0) is 12.1 Å². The zero-order valence-electron chi connectivity index (χ0n) is 18.3. The van der Waals surface area contributed by atoms with Gasteiger partial charge >= 0.3 is 0 Å². The first kappa shape index (κ1) is 24.2. The summed E-state index contributed by atoms with van der Waals surface area (Å²) in [6.07, 6.45) is 1.41. The fourth-order valence-corrected chi connectivity index (χ4v) is 4.75. The quantitative estimate of drug-likeness (QED) is 0.324. The van der Waals surface area contributed by atoms with Gasteiger partial charge in [0.25, 0.3) is 5.69 Å². The number of morpholine rings is 1. The summed E-state index contributed by atoms with van der Waals surface area (Å²) in [5.41, 5.74) is 2.94. The third-order valence-electron chi connectivity index (χ3n) is 4.89. The molecule has 1 N–H and O–H groups in total. The first-order chi connectivity index (χ1) is 15.8. The van der Waals surface area contributed by atoms with Crippen molar-refractivity contribution >= 4 is 27.6 Å². The van der Waals surface area contributed by atoms with E-state index in [1.165, 1.54) is 44.0 Å². The highest BCUT2D eigenvalue weighted by molar-refractivity contribution is 7.89. The zero-order chi connectivity index (χ0) is 24.0. The van der Waals surface area contributed by atoms with E-state index in [0.29, 0.717) is 22.8 Å². The summed E-state index contributed by atoms with van der Waals surface area (Å²) in [4.78, 5) is 10.3. The highest BCUT2D eigenvalue weighted by atomic mass is 32.2. The first-order valence-corrected chi connectivity index (χ1v) is 11.2. The second kappa shape index (κ2) is 10.5. The number of ether oxygens (including phenoxy) is 4. The van der Waals surface area contributed by atoms with Crippen molar-refractivity contribution in [1.82, 2.24) is 4.31 Å². The number of sulfonamides is 1. The molecule has 0 bridgehead atoms. The average Bonchev–Trinajstić information content (AvgIpc) is 2.84. The molecule has 0 aliphatic carbocycles. The van der Waals surface area contributed by atoms with Crippen molar-refractivity contribution < 1.29 is 32.3 Å². The lowest BCUT2D eigenvalue weighted by Gasteiger charge is -2.26. The van der Waals surface area contributed by atoms with Crippen LogP contribution in [0, 0.1) is 10.1 Å². The average molecular weight is 480 g/mol. The van der Waals surface area contributed by atoms with Gasteiger partial charge in [0, 0.05) is 36.9 Å². The third-order valence-corrected chi connectivity index (χ3v) is 6.83. The molecule has 2 aromatic carbocycles. The SMILES string of the molecule is COc1cc(OC)c(OC)cc1/C=N/Nc1ccc([N+](=O)[O-])cc1S(=O)(=O)N1CCOCC1. The molecular formula is C20H24N4O8S. The standard InChI is InChI=1S/C20H24N4O8S/c1-29-17-12-19(31-3)18(30-2)10-14(17)13-21-22-16-5-4-15(24(25)26)11-20(16)33(27,28)23-6-8-32-9-7-23/h4-5,10-13,22H,6-9H2,1-3H3/b21-13+. The molecule has 0 saturated carbocycles. The Morgan fingerprint density at radius 3 is 2.30 bits per heavy atom. The van der Waals surface area contributed by atoms with Crippen molar-refractivity contribution in [2.45, 2.75) is 4.90 Å². The normalized spacial score (nSPS) is 14.8. The Bertz CT molecular complexity index is 1150. The van der Waals surface area contributed by atoms with E-state index in [1.54, 1.807) is 12.1 Å². The van der Waals surface area contributed by atoms with Gasteiger partial charge in [-0.25, -0.2) is 8.42 Å². The van der Waals surface area contributed by atoms with Crippen molar-refractivity contribution in [3.63, 3.8) is 0 Å². The van der Waals surface area contributed by atoms with Gasteiger partial charge < -0.3 is 18.9 Å². The Kier molecular flexibility index (Phi) is 7.68. The number of nitrogens with zero attached hydrogens (tertiary/aromatic N) is 3. The Hall–Kier alpha value is -3.42. The lowest BCUT2D eigenvalue weighted by molar-refractivity contribution is -0.385. The van der Waals surface area contributed by atoms with E-state index < -0.39 is 14.9 Å². The van der Waals surface area contributed by atoms with E-state index in [9.17, 15) is 18.5 Å². The van der Waals surface area contributed by atoms with Crippen LogP contribution in [-0.2, 0) is 14.8 Å². The second-order valence-electron chi connectivity index (χ2n) is 6.77. The monoisotopic (exact) mass is 480 g/mol. The predicted molar refractivity (Wildman–Crippen MR) is 120 cm³/mol. The van der Waals surface area contributed by atoms with Crippen LogP contribution in [0.3, 0.4) is 0 Å². The molecule has 13 heteroatoms. The second-order valence-corrected chi connectivity index (χ2v) is 8.68. The number of benzene rings is 2. The number of anilines is 1. The van der Waals surface area contributed by atoms with Gasteiger partial charge in [0.15, 0.2) is 11.5 Å². The minimum atomic E-state index is -4.02. The number of hydrogen-bond donors (Lipinski definition) is 1. The maximum atomic E-state index is 13.2. The van der Waals surface area contributed by atoms with E-state index in [2.05, 4.69) is 10.5 Å². The van der Waals surface area contributed by atoms with Gasteiger partial charge in [0.05, 0.1) is 51.4 Å². The van der Waals surface area contributed by atoms with Crippen molar-refractivity contribution in [3.8, 4) is 17.2 Å². The number of nitro benzene ring substituents is 1. The van der Waals surface area contributed by atoms with E-state index in [0.717, 1.165) is 6.07 Å². The van der Waals surface area contributed by atoms with Crippen LogP contribution in [0.15, 0.2) is 40.3 Å². The Morgan fingerprint density at radius 1 is 1.06 bits per heavy atom. The third kappa shape index (κ3) is 5.32. The number of hydrazone groups is 1. The molecule has 1 aliphatic rings. The van der Waals surface area contributed by atoms with Crippen molar-refractivity contribution in [2.75, 3.05) is 53.1 Å². The topological polar surface area (TPSA) is 142 Å². The highest BCUT2D eigenvalue weighted by Gasteiger charge is 2.30. The summed E-state index contributed by atoms with van der Waals surface area (Å²) in [5.74, 6) is 1.36. The molecule has 0 radical (unpaired) electrons. The number of non-ortho nitro benzene ring substituents is 1. The van der Waals surface area contributed by atoms with Crippen LogP contribution >= 0.6 is 0 Å². The number of hydrogen-bond acceptors (Lipinski definition) is 10. The highest BCUT2D eigenvalue weighted by Crippen LogP contribution is 2.34. The molecule has 0 amide bonds. The summed E-state index contributed by atoms with van der Waals surface area (Å²) >= 11 is 0. The molecule has 33 heavy (non-hydrogen) atoms. The predicted octanol–water partition coefficient (Wildman–Crippen LogP) is 2.09. The van der Waals surface area contributed by atoms with Crippen LogP contribution in [0.25, 0.3) is 0 Å². The lowest BCUT2D eigenvalue weighted by Crippen LogP contribution is -2.40. The van der Waals surface area contributed by atoms with Gasteiger partial charge in [0.2, 0.25) is 10.0 Å². The summed E-state index contributed by atoms with van der Waals surface area (Å²) < 4.78 is 48.7. The van der Waals surface area contributed by atoms with Gasteiger partial charge in [0.1, 0.15) is 10.6 Å². The minimum absolute atomic E-state index is 0.0859. The number of nitrogens with one attached hydrogen (secondary N) is 1. The van der Waals surface area contributed by atoms with Crippen LogP contribution < -0.4 is 19.6 Å². The Morgan fingerprint density at radius 2 is 1.70 bits per heavy atom. The fraction of sp³-hybridized carbons (Fsp3) is 0.350. The molecule has 0 atom stereocenters. The van der Waals surface area contributed by atoms with Crippen molar-refractivity contribution in [3.05, 3.63) is 46.0 Å². The van der Waals surface area contributed by atoms with Gasteiger partial charge in [-0.15, -0.1) is 0 Å². The van der Waals surface area contributed by atoms with Gasteiger partial charge in [-0.3, -0.25) is 15.5 Å². The number of nitro groups is 1. The molecule has 1 aliphatic heterocycles. The minimum Gasteiger partial charge on any atom is -0.496 e. The van der Waals surface area contributed by atoms with Crippen LogP contribution in [0.4, 0.5) is 11.4 Å². The van der Waals surface area contributed by atoms with E-state index in [4.69, 9.17) is 18.9 Å². The van der Waals surface area contributed by atoms with Crippen LogP contribution in [-0.4, -0.2) is 71.5 Å². The van der Waals surface area contributed by atoms with Crippen LogP contribution in [0.5, 0.6) is 17.2 Å². The molecule has 0 aromatic heterocycles. The largest absolute Gasteiger partial charge is 0.496 e. The van der Waals surface area contributed by atoms with E-state index in [-0.39, 0.29) is 42.6 Å². The zero-order valence-corrected chi connectivity index (χ0v) is 19.1. The Balaban J connectivity index is 1.96. The summed E-state index contributed by atoms with van der Waals surface area (Å²) in [6.45, 7) is 0.787. The molecule has 1 heterocycles. The lowest BCUT2D eigenvalue weighted by atomic mass is 10.2. The molecule has 1 fully saturated rings. The smallest absolute Gasteiger partial charge is 0.270 e. The molecule has 3 rings (SSSR count). The molecular weight excluding hydrogens is 456 g/mol. The number of rotatable bonds is 9. The fourth-order valence-electron chi connectivity index (χ4n) is 3.18. The van der Waals surface area contributed by atoms with E-state index >= 15 is 0 Å². The van der Waals surface area contributed by atoms with Crippen LogP contribution in [0.1, 0.15) is 5.56 Å². The van der Waals surface area contributed by atoms with Gasteiger partial charge in [-0.1, -0.05) is 0 Å². The summed E-state index contributed by atoms with van der Waals surface area (Å²) in [7, 11) is 0.443. The van der Waals surface area contributed by atoms with Crippen molar-refractivity contribution in [2.24, 2.45) is 5.10 Å². The van der Waals surface area contributed by atoms with Gasteiger partial charge in [-0.2, -0.15) is 9.41 Å². The van der Waals surface area contributed by atoms with Crippen LogP contribution in [0.2, 0.25) is 0 Å². The maximum Gasteiger partial charge on any atom is 0.270 e. The van der Waals surface area contributed by atoms with Crippen molar-refractivity contribution in [1.29, 1.82) is 0 Å². The maximum absolute atomic E-state index is 13.2. The first-order valence-electron chi connectivity index (χ1n) is 9.77. The molecule has 0 unspecified atom stereocenters. The molecule has 0 spiro atoms. The number of methoxy groups -OCH3 is 3. The van der Waals surface area contributed by atoms with E-state index in [1.807, 2.05) is 0 Å². The molecule has 12 nitrogen and oxygen atoms in total. The molecule has 178 valence electrons. The Labute approximate surface area is 190 Å². The molecule has 1 saturated heterocycles. The summed E-state index contributed by atoms with van der Waals surface area (Å²) in [5, 5.41) is 15.4. The molecule has 2 aromatic rings.